The van der Waals surface area contributed by atoms with Crippen molar-refractivity contribution >= 4 is 46.7 Å². The molecule has 1 fully saturated rings. The first-order valence-electron chi connectivity index (χ1n) is 14.3. The van der Waals surface area contributed by atoms with Crippen LogP contribution in [0.2, 0.25) is 0 Å². The first-order valence-corrected chi connectivity index (χ1v) is 15.2. The Balaban J connectivity index is 1.47. The van der Waals surface area contributed by atoms with Gasteiger partial charge in [0.05, 0.1) is 31.4 Å². The molecule has 17 heteroatoms. The Kier molecular flexibility index (Phi) is 12.0. The van der Waals surface area contributed by atoms with Crippen molar-refractivity contribution in [3.05, 3.63) is 52.4 Å². The largest absolute Gasteiger partial charge is 0.469 e. The molecular weight excluding hydrogens is 626 g/mol. The van der Waals surface area contributed by atoms with E-state index < -0.39 is 42.4 Å². The lowest BCUT2D eigenvalue weighted by Crippen LogP contribution is -2.34. The fraction of sp³-hybridized carbons (Fsp3) is 0.414. The monoisotopic (exact) mass is 660 g/mol. The number of anilines is 1. The molecule has 0 aliphatic heterocycles. The molecule has 14 nitrogen and oxygen atoms in total. The quantitative estimate of drug-likeness (QED) is 0.138. The summed E-state index contributed by atoms with van der Waals surface area (Å²) in [5.41, 5.74) is 11.4. The van der Waals surface area contributed by atoms with Gasteiger partial charge in [-0.15, -0.1) is 11.3 Å². The summed E-state index contributed by atoms with van der Waals surface area (Å²) in [6.07, 6.45) is 7.02. The van der Waals surface area contributed by atoms with Crippen LogP contribution in [0.3, 0.4) is 0 Å². The SMILES string of the molecule is CCOC1CCC(n2cc(NC(=O)c3csc(C(/C=N/COC(=O)C(N)CC(=O)OC)=C/N)n3)c(-c3nc(F)ccc3F)n2)CC1. The molecule has 1 atom stereocenters. The number of nitrogens with two attached hydrogens (primary N) is 2. The number of nitrogens with zero attached hydrogens (tertiary/aromatic N) is 5. The summed E-state index contributed by atoms with van der Waals surface area (Å²) in [7, 11) is 1.17. The number of hydrogen-bond donors (Lipinski definition) is 3. The van der Waals surface area contributed by atoms with Gasteiger partial charge in [0, 0.05) is 36.2 Å². The highest BCUT2D eigenvalue weighted by atomic mass is 32.1. The highest BCUT2D eigenvalue weighted by Crippen LogP contribution is 2.34. The van der Waals surface area contributed by atoms with Gasteiger partial charge in [-0.3, -0.25) is 24.1 Å². The number of carbonyl (C=O) groups excluding carboxylic acids is 3. The number of methoxy groups -OCH3 is 1. The molecule has 1 aliphatic rings. The van der Waals surface area contributed by atoms with Crippen molar-refractivity contribution in [1.82, 2.24) is 19.7 Å². The van der Waals surface area contributed by atoms with Crippen molar-refractivity contribution in [1.29, 1.82) is 0 Å². The van der Waals surface area contributed by atoms with Gasteiger partial charge in [0.15, 0.2) is 12.5 Å². The fourth-order valence-electron chi connectivity index (χ4n) is 4.70. The number of aliphatic imine (C=N–C) groups is 1. The first-order chi connectivity index (χ1) is 22.1. The summed E-state index contributed by atoms with van der Waals surface area (Å²) in [6.45, 7) is 2.16. The molecule has 3 aromatic rings. The molecule has 246 valence electrons. The van der Waals surface area contributed by atoms with E-state index in [9.17, 15) is 23.2 Å². The predicted molar refractivity (Wildman–Crippen MR) is 165 cm³/mol. The van der Waals surface area contributed by atoms with Crippen molar-refractivity contribution in [2.24, 2.45) is 16.5 Å². The Morgan fingerprint density at radius 2 is 1.96 bits per heavy atom. The molecule has 1 unspecified atom stereocenters. The summed E-state index contributed by atoms with van der Waals surface area (Å²) in [5, 5.41) is 9.03. The molecule has 5 N–H and O–H groups in total. The van der Waals surface area contributed by atoms with E-state index in [0.717, 1.165) is 49.2 Å². The van der Waals surface area contributed by atoms with Gasteiger partial charge in [-0.25, -0.2) is 14.4 Å². The first kappa shape index (κ1) is 34.3. The molecule has 0 spiro atoms. The van der Waals surface area contributed by atoms with E-state index in [2.05, 4.69) is 30.1 Å². The summed E-state index contributed by atoms with van der Waals surface area (Å²) < 4.78 is 45.6. The van der Waals surface area contributed by atoms with Crippen LogP contribution in [-0.2, 0) is 23.8 Å². The number of allylic oxidation sites excluding steroid dienone is 1. The van der Waals surface area contributed by atoms with Gasteiger partial charge in [-0.1, -0.05) is 0 Å². The van der Waals surface area contributed by atoms with Crippen LogP contribution < -0.4 is 16.8 Å². The minimum Gasteiger partial charge on any atom is -0.469 e. The minimum atomic E-state index is -1.21. The molecule has 0 saturated heterocycles. The third-order valence-electron chi connectivity index (χ3n) is 7.03. The summed E-state index contributed by atoms with van der Waals surface area (Å²) >= 11 is 1.09. The second-order valence-corrected chi connectivity index (χ2v) is 11.0. The topological polar surface area (TPSA) is 199 Å². The molecule has 3 heterocycles. The number of ether oxygens (including phenoxy) is 3. The van der Waals surface area contributed by atoms with Crippen molar-refractivity contribution in [3.63, 3.8) is 0 Å². The number of hydrogen-bond acceptors (Lipinski definition) is 13. The van der Waals surface area contributed by atoms with Gasteiger partial charge in [0.25, 0.3) is 5.91 Å². The van der Waals surface area contributed by atoms with E-state index in [1.165, 1.54) is 24.9 Å². The second kappa shape index (κ2) is 16.1. The Hall–Kier alpha value is -4.61. The standard InChI is InChI=1S/C29H34F2N8O6S/c1-3-44-18-6-4-17(5-7-18)39-13-21(26(38-39)25-19(30)8-9-23(31)37-25)35-27(41)22-14-46-28(36-22)16(11-32)12-34-15-45-29(42)20(33)10-24(40)43-2/h8-9,11-14,17-18,20H,3-7,10,15,32-33H2,1-2H3,(H,35,41)/b16-11+,34-12+. The highest BCUT2D eigenvalue weighted by molar-refractivity contribution is 7.11. The normalized spacial score (nSPS) is 17.5. The Labute approximate surface area is 266 Å². The maximum Gasteiger partial charge on any atom is 0.325 e. The average molecular weight is 661 g/mol. The number of aromatic nitrogens is 4. The van der Waals surface area contributed by atoms with E-state index in [4.69, 9.17) is 20.9 Å². The Morgan fingerprint density at radius 1 is 1.20 bits per heavy atom. The second-order valence-electron chi connectivity index (χ2n) is 10.1. The zero-order valence-corrected chi connectivity index (χ0v) is 26.0. The van der Waals surface area contributed by atoms with E-state index >= 15 is 0 Å². The minimum absolute atomic E-state index is 0.0107. The van der Waals surface area contributed by atoms with E-state index in [-0.39, 0.29) is 41.3 Å². The van der Waals surface area contributed by atoms with Crippen LogP contribution in [0, 0.1) is 11.8 Å². The lowest BCUT2D eigenvalue weighted by molar-refractivity contribution is -0.150. The van der Waals surface area contributed by atoms with Gasteiger partial charge in [0.2, 0.25) is 5.95 Å². The van der Waals surface area contributed by atoms with E-state index in [0.29, 0.717) is 17.2 Å². The number of amides is 1. The molecule has 1 aliphatic carbocycles. The smallest absolute Gasteiger partial charge is 0.325 e. The van der Waals surface area contributed by atoms with Gasteiger partial charge < -0.3 is 31.0 Å². The molecule has 46 heavy (non-hydrogen) atoms. The van der Waals surface area contributed by atoms with Crippen LogP contribution in [0.1, 0.15) is 60.6 Å². The van der Waals surface area contributed by atoms with Gasteiger partial charge in [-0.05, 0) is 44.7 Å². The summed E-state index contributed by atoms with van der Waals surface area (Å²) in [4.78, 5) is 48.4. The van der Waals surface area contributed by atoms with Crippen LogP contribution in [-0.4, -0.2) is 76.4 Å². The molecule has 3 aromatic heterocycles. The highest BCUT2D eigenvalue weighted by Gasteiger charge is 2.27. The van der Waals surface area contributed by atoms with Crippen molar-refractivity contribution in [2.45, 2.75) is 57.2 Å². The molecule has 0 radical (unpaired) electrons. The lowest BCUT2D eigenvalue weighted by Gasteiger charge is -2.28. The number of rotatable bonds is 13. The summed E-state index contributed by atoms with van der Waals surface area (Å²) in [6, 6.07) is 0.601. The van der Waals surface area contributed by atoms with E-state index in [1.807, 2.05) is 6.92 Å². The lowest BCUT2D eigenvalue weighted by atomic mass is 9.93. The van der Waals surface area contributed by atoms with Crippen molar-refractivity contribution < 1.29 is 37.4 Å². The fourth-order valence-corrected chi connectivity index (χ4v) is 5.49. The maximum atomic E-state index is 14.8. The van der Waals surface area contributed by atoms with Gasteiger partial charge >= 0.3 is 11.9 Å². The molecule has 1 amide bonds. The number of thiazole rings is 1. The van der Waals surface area contributed by atoms with Crippen molar-refractivity contribution in [3.8, 4) is 11.4 Å². The number of pyridine rings is 1. The summed E-state index contributed by atoms with van der Waals surface area (Å²) in [5.74, 6) is -3.84. The van der Waals surface area contributed by atoms with E-state index in [1.54, 1.807) is 10.9 Å². The maximum absolute atomic E-state index is 14.8. The van der Waals surface area contributed by atoms with Crippen LogP contribution in [0.4, 0.5) is 14.5 Å². The molecule has 1 saturated carbocycles. The zero-order chi connectivity index (χ0) is 33.2. The zero-order valence-electron chi connectivity index (χ0n) is 25.2. The Morgan fingerprint density at radius 3 is 2.65 bits per heavy atom. The van der Waals surface area contributed by atoms with Crippen LogP contribution >= 0.6 is 11.3 Å². The number of halogens is 2. The van der Waals surface area contributed by atoms with Gasteiger partial charge in [0.1, 0.15) is 28.1 Å². The molecule has 0 aromatic carbocycles. The number of esters is 2. The number of carbonyl (C=O) groups is 3. The predicted octanol–water partition coefficient (Wildman–Crippen LogP) is 3.21. The number of nitrogens with one attached hydrogen (secondary N) is 1. The molecular formula is C29H34F2N8O6S. The molecule has 0 bridgehead atoms. The van der Waals surface area contributed by atoms with Crippen LogP contribution in [0.5, 0.6) is 0 Å². The van der Waals surface area contributed by atoms with Crippen molar-refractivity contribution in [2.75, 3.05) is 25.8 Å². The third-order valence-corrected chi connectivity index (χ3v) is 7.92. The Bertz CT molecular complexity index is 1600. The van der Waals surface area contributed by atoms with Crippen LogP contribution in [0.15, 0.2) is 34.9 Å². The third kappa shape index (κ3) is 8.76. The average Bonchev–Trinajstić information content (AvgIpc) is 3.71. The molecule has 4 rings (SSSR count). The van der Waals surface area contributed by atoms with Crippen LogP contribution in [0.25, 0.3) is 17.0 Å². The van der Waals surface area contributed by atoms with Gasteiger partial charge in [-0.2, -0.15) is 9.49 Å².